The van der Waals surface area contributed by atoms with E-state index in [4.69, 9.17) is 0 Å². The fourth-order valence-electron chi connectivity index (χ4n) is 3.01. The summed E-state index contributed by atoms with van der Waals surface area (Å²) in [5, 5.41) is 0. The molecule has 0 bridgehead atoms. The molecule has 3 nitrogen and oxygen atoms in total. The third kappa shape index (κ3) is 4.27. The van der Waals surface area contributed by atoms with Crippen LogP contribution in [0.5, 0.6) is 0 Å². The summed E-state index contributed by atoms with van der Waals surface area (Å²) >= 11 is 0. The van der Waals surface area contributed by atoms with Crippen molar-refractivity contribution < 1.29 is 9.18 Å². The van der Waals surface area contributed by atoms with E-state index in [0.29, 0.717) is 18.9 Å². The third-order valence-corrected chi connectivity index (χ3v) is 4.13. The zero-order valence-corrected chi connectivity index (χ0v) is 13.2. The van der Waals surface area contributed by atoms with Crippen molar-refractivity contribution in [2.45, 2.75) is 39.3 Å². The van der Waals surface area contributed by atoms with Crippen LogP contribution in [0.2, 0.25) is 0 Å². The molecule has 1 atom stereocenters. The first-order chi connectivity index (χ1) is 9.97. The molecule has 2 rings (SSSR count). The molecule has 1 aromatic rings. The van der Waals surface area contributed by atoms with E-state index in [2.05, 4.69) is 18.7 Å². The molecule has 0 spiro atoms. The van der Waals surface area contributed by atoms with E-state index in [1.165, 1.54) is 6.07 Å². The summed E-state index contributed by atoms with van der Waals surface area (Å²) in [5.41, 5.74) is 0.729. The SMILES string of the molecule is CC(C)N1CC(CN(C)Cc2ccccc2F)CCC1=O. The predicted octanol–water partition coefficient (Wildman–Crippen LogP) is 2.90. The van der Waals surface area contributed by atoms with Gasteiger partial charge in [0.25, 0.3) is 0 Å². The van der Waals surface area contributed by atoms with Crippen molar-refractivity contribution in [3.8, 4) is 0 Å². The summed E-state index contributed by atoms with van der Waals surface area (Å²) in [4.78, 5) is 16.0. The van der Waals surface area contributed by atoms with Gasteiger partial charge in [-0.15, -0.1) is 0 Å². The van der Waals surface area contributed by atoms with Gasteiger partial charge in [-0.3, -0.25) is 4.79 Å². The Morgan fingerprint density at radius 2 is 2.10 bits per heavy atom. The van der Waals surface area contributed by atoms with Gasteiger partial charge < -0.3 is 9.80 Å². The Kier molecular flexibility index (Phi) is 5.34. The number of carbonyl (C=O) groups excluding carboxylic acids is 1. The van der Waals surface area contributed by atoms with Crippen LogP contribution in [-0.4, -0.2) is 41.9 Å². The van der Waals surface area contributed by atoms with E-state index >= 15 is 0 Å². The fraction of sp³-hybridized carbons (Fsp3) is 0.588. The van der Waals surface area contributed by atoms with Crippen molar-refractivity contribution in [3.05, 3.63) is 35.6 Å². The second kappa shape index (κ2) is 7.03. The number of nitrogens with zero attached hydrogens (tertiary/aromatic N) is 2. The van der Waals surface area contributed by atoms with Crippen LogP contribution in [0, 0.1) is 11.7 Å². The van der Waals surface area contributed by atoms with Gasteiger partial charge in [-0.1, -0.05) is 18.2 Å². The number of piperidine rings is 1. The molecule has 1 aliphatic rings. The zero-order valence-electron chi connectivity index (χ0n) is 13.2. The topological polar surface area (TPSA) is 23.6 Å². The fourth-order valence-corrected chi connectivity index (χ4v) is 3.01. The first kappa shape index (κ1) is 16.0. The van der Waals surface area contributed by atoms with E-state index in [-0.39, 0.29) is 17.8 Å². The van der Waals surface area contributed by atoms with Gasteiger partial charge in [-0.2, -0.15) is 0 Å². The van der Waals surface area contributed by atoms with E-state index in [1.807, 2.05) is 24.1 Å². The molecular weight excluding hydrogens is 267 g/mol. The van der Waals surface area contributed by atoms with Gasteiger partial charge >= 0.3 is 0 Å². The maximum Gasteiger partial charge on any atom is 0.222 e. The molecule has 116 valence electrons. The normalized spacial score (nSPS) is 19.6. The molecule has 1 saturated heterocycles. The summed E-state index contributed by atoms with van der Waals surface area (Å²) in [6.45, 7) is 6.44. The highest BCUT2D eigenvalue weighted by Crippen LogP contribution is 2.21. The molecule has 1 heterocycles. The Labute approximate surface area is 126 Å². The van der Waals surface area contributed by atoms with Gasteiger partial charge in [0.1, 0.15) is 5.82 Å². The van der Waals surface area contributed by atoms with Crippen molar-refractivity contribution in [2.24, 2.45) is 5.92 Å². The van der Waals surface area contributed by atoms with E-state index in [1.54, 1.807) is 6.07 Å². The molecule has 0 aromatic heterocycles. The minimum Gasteiger partial charge on any atom is -0.340 e. The molecule has 1 unspecified atom stereocenters. The standard InChI is InChI=1S/C17H25FN2O/c1-13(2)20-11-14(8-9-17(20)21)10-19(3)12-15-6-4-5-7-16(15)18/h4-7,13-14H,8-12H2,1-3H3. The number of rotatable bonds is 5. The lowest BCUT2D eigenvalue weighted by molar-refractivity contribution is -0.136. The van der Waals surface area contributed by atoms with Crippen LogP contribution in [0.4, 0.5) is 4.39 Å². The van der Waals surface area contributed by atoms with Crippen LogP contribution >= 0.6 is 0 Å². The minimum atomic E-state index is -0.146. The molecule has 4 heteroatoms. The second-order valence-corrected chi connectivity index (χ2v) is 6.33. The van der Waals surface area contributed by atoms with Gasteiger partial charge in [0.05, 0.1) is 0 Å². The molecule has 1 aliphatic heterocycles. The number of hydrogen-bond acceptors (Lipinski definition) is 2. The van der Waals surface area contributed by atoms with Crippen molar-refractivity contribution in [3.63, 3.8) is 0 Å². The van der Waals surface area contributed by atoms with E-state index < -0.39 is 0 Å². The molecule has 0 radical (unpaired) electrons. The Morgan fingerprint density at radius 3 is 2.76 bits per heavy atom. The lowest BCUT2D eigenvalue weighted by Crippen LogP contribution is -2.46. The highest BCUT2D eigenvalue weighted by Gasteiger charge is 2.27. The minimum absolute atomic E-state index is 0.146. The van der Waals surface area contributed by atoms with Crippen LogP contribution < -0.4 is 0 Å². The molecule has 1 aromatic carbocycles. The van der Waals surface area contributed by atoms with Crippen LogP contribution in [0.15, 0.2) is 24.3 Å². The van der Waals surface area contributed by atoms with Crippen LogP contribution in [0.3, 0.4) is 0 Å². The Bertz CT molecular complexity index is 489. The second-order valence-electron chi connectivity index (χ2n) is 6.33. The molecule has 0 saturated carbocycles. The molecule has 21 heavy (non-hydrogen) atoms. The van der Waals surface area contributed by atoms with Gasteiger partial charge in [0, 0.05) is 37.7 Å². The quantitative estimate of drug-likeness (QED) is 0.833. The van der Waals surface area contributed by atoms with Crippen LogP contribution in [0.1, 0.15) is 32.3 Å². The summed E-state index contributed by atoms with van der Waals surface area (Å²) < 4.78 is 13.7. The molecule has 0 aliphatic carbocycles. The maximum absolute atomic E-state index is 13.7. The van der Waals surface area contributed by atoms with E-state index in [9.17, 15) is 9.18 Å². The van der Waals surface area contributed by atoms with Crippen molar-refractivity contribution in [1.29, 1.82) is 0 Å². The predicted molar refractivity (Wildman–Crippen MR) is 82.3 cm³/mol. The average Bonchev–Trinajstić information content (AvgIpc) is 2.43. The Balaban J connectivity index is 1.89. The number of benzene rings is 1. The highest BCUT2D eigenvalue weighted by molar-refractivity contribution is 5.77. The monoisotopic (exact) mass is 292 g/mol. The van der Waals surface area contributed by atoms with Gasteiger partial charge in [0.15, 0.2) is 0 Å². The van der Waals surface area contributed by atoms with E-state index in [0.717, 1.165) is 25.1 Å². The molecule has 1 fully saturated rings. The zero-order chi connectivity index (χ0) is 15.4. The van der Waals surface area contributed by atoms with Crippen LogP contribution in [-0.2, 0) is 11.3 Å². The van der Waals surface area contributed by atoms with Crippen molar-refractivity contribution in [1.82, 2.24) is 9.80 Å². The lowest BCUT2D eigenvalue weighted by atomic mass is 9.96. The summed E-state index contributed by atoms with van der Waals surface area (Å²) in [7, 11) is 2.02. The summed E-state index contributed by atoms with van der Waals surface area (Å²) in [5.74, 6) is 0.590. The largest absolute Gasteiger partial charge is 0.340 e. The van der Waals surface area contributed by atoms with Crippen LogP contribution in [0.25, 0.3) is 0 Å². The lowest BCUT2D eigenvalue weighted by Gasteiger charge is -2.37. The van der Waals surface area contributed by atoms with Crippen molar-refractivity contribution >= 4 is 5.91 Å². The highest BCUT2D eigenvalue weighted by atomic mass is 19.1. The molecule has 1 amide bonds. The summed E-state index contributed by atoms with van der Waals surface area (Å²) in [6, 6.07) is 7.18. The maximum atomic E-state index is 13.7. The number of halogens is 1. The van der Waals surface area contributed by atoms with Crippen molar-refractivity contribution in [2.75, 3.05) is 20.1 Å². The average molecular weight is 292 g/mol. The van der Waals surface area contributed by atoms with Gasteiger partial charge in [0.2, 0.25) is 5.91 Å². The first-order valence-corrected chi connectivity index (χ1v) is 7.68. The molecular formula is C17H25FN2O. The Hall–Kier alpha value is -1.42. The smallest absolute Gasteiger partial charge is 0.222 e. The number of carbonyl (C=O) groups is 1. The third-order valence-electron chi connectivity index (χ3n) is 4.13. The number of amides is 1. The summed E-state index contributed by atoms with van der Waals surface area (Å²) in [6.07, 6.45) is 1.57. The number of hydrogen-bond donors (Lipinski definition) is 0. The Morgan fingerprint density at radius 1 is 1.38 bits per heavy atom. The van der Waals surface area contributed by atoms with Gasteiger partial charge in [-0.25, -0.2) is 4.39 Å². The molecule has 0 N–H and O–H groups in total. The first-order valence-electron chi connectivity index (χ1n) is 7.68. The van der Waals surface area contributed by atoms with Gasteiger partial charge in [-0.05, 0) is 39.3 Å². The number of likely N-dealkylation sites (tertiary alicyclic amines) is 1.